The van der Waals surface area contributed by atoms with Crippen molar-refractivity contribution in [1.82, 2.24) is 0 Å². The van der Waals surface area contributed by atoms with Gasteiger partial charge in [-0.1, -0.05) is 12.2 Å². The Morgan fingerprint density at radius 2 is 2.27 bits per heavy atom. The van der Waals surface area contributed by atoms with Crippen LogP contribution in [0.2, 0.25) is 0 Å². The monoisotopic (exact) mass is 267 g/mol. The number of nitrogens with zero attached hydrogens (tertiary/aromatic N) is 1. The van der Waals surface area contributed by atoms with Crippen molar-refractivity contribution in [2.45, 2.75) is 6.92 Å². The van der Waals surface area contributed by atoms with Crippen LogP contribution >= 0.6 is 15.9 Å². The molecule has 0 bridgehead atoms. The molecule has 0 heterocycles. The second-order valence-corrected chi connectivity index (χ2v) is 4.49. The van der Waals surface area contributed by atoms with Crippen LogP contribution in [0.15, 0.2) is 34.8 Å². The van der Waals surface area contributed by atoms with Crippen LogP contribution in [-0.2, 0) is 0 Å². The second kappa shape index (κ2) is 5.12. The maximum absolute atomic E-state index is 10.6. The maximum atomic E-state index is 10.6. The van der Waals surface area contributed by atoms with Gasteiger partial charge in [0.15, 0.2) is 6.29 Å². The van der Waals surface area contributed by atoms with E-state index >= 15 is 0 Å². The summed E-state index contributed by atoms with van der Waals surface area (Å²) in [5, 5.41) is 0. The molecule has 0 aliphatic carbocycles. The van der Waals surface area contributed by atoms with E-state index in [4.69, 9.17) is 0 Å². The first-order chi connectivity index (χ1) is 7.04. The Kier molecular flexibility index (Phi) is 4.09. The lowest BCUT2D eigenvalue weighted by Gasteiger charge is -2.19. The number of halogens is 1. The second-order valence-electron chi connectivity index (χ2n) is 3.64. The third kappa shape index (κ3) is 3.20. The quantitative estimate of drug-likeness (QED) is 0.617. The van der Waals surface area contributed by atoms with E-state index in [-0.39, 0.29) is 0 Å². The van der Waals surface area contributed by atoms with Crippen LogP contribution in [-0.4, -0.2) is 19.9 Å². The van der Waals surface area contributed by atoms with E-state index in [2.05, 4.69) is 27.4 Å². The van der Waals surface area contributed by atoms with Crippen LogP contribution in [0.5, 0.6) is 0 Å². The first-order valence-corrected chi connectivity index (χ1v) is 5.44. The molecule has 0 spiro atoms. The molecule has 15 heavy (non-hydrogen) atoms. The Morgan fingerprint density at radius 3 is 2.73 bits per heavy atom. The molecule has 2 nitrogen and oxygen atoms in total. The SMILES string of the molecule is C=C(C)CN(C)c1ccc(C=O)c(Br)c1. The number of benzene rings is 1. The zero-order valence-electron chi connectivity index (χ0n) is 8.96. The zero-order chi connectivity index (χ0) is 11.4. The van der Waals surface area contributed by atoms with E-state index in [0.29, 0.717) is 5.56 Å². The molecule has 0 aromatic heterocycles. The normalized spacial score (nSPS) is 9.80. The minimum atomic E-state index is 0.669. The van der Waals surface area contributed by atoms with Crippen LogP contribution in [0.25, 0.3) is 0 Å². The van der Waals surface area contributed by atoms with Crippen molar-refractivity contribution in [2.24, 2.45) is 0 Å². The molecule has 0 saturated heterocycles. The van der Waals surface area contributed by atoms with Crippen LogP contribution < -0.4 is 4.90 Å². The van der Waals surface area contributed by atoms with Gasteiger partial charge < -0.3 is 4.90 Å². The molecule has 1 aromatic carbocycles. The maximum Gasteiger partial charge on any atom is 0.151 e. The number of carbonyl (C=O) groups is 1. The van der Waals surface area contributed by atoms with Crippen molar-refractivity contribution in [3.63, 3.8) is 0 Å². The Hall–Kier alpha value is -1.09. The number of rotatable bonds is 4. The highest BCUT2D eigenvalue weighted by molar-refractivity contribution is 9.10. The van der Waals surface area contributed by atoms with Crippen molar-refractivity contribution >= 4 is 27.9 Å². The average molecular weight is 268 g/mol. The van der Waals surface area contributed by atoms with Gasteiger partial charge in [0.05, 0.1) is 0 Å². The molecule has 1 aromatic rings. The molecular weight excluding hydrogens is 254 g/mol. The molecule has 3 heteroatoms. The number of hydrogen-bond acceptors (Lipinski definition) is 2. The lowest BCUT2D eigenvalue weighted by Crippen LogP contribution is -2.18. The van der Waals surface area contributed by atoms with Crippen molar-refractivity contribution in [1.29, 1.82) is 0 Å². The molecule has 0 saturated carbocycles. The highest BCUT2D eigenvalue weighted by Gasteiger charge is 2.04. The predicted molar refractivity (Wildman–Crippen MR) is 67.6 cm³/mol. The van der Waals surface area contributed by atoms with Gasteiger partial charge in [-0.25, -0.2) is 0 Å². The molecule has 80 valence electrons. The van der Waals surface area contributed by atoms with Gasteiger partial charge >= 0.3 is 0 Å². The summed E-state index contributed by atoms with van der Waals surface area (Å²) in [6, 6.07) is 5.67. The highest BCUT2D eigenvalue weighted by Crippen LogP contribution is 2.22. The van der Waals surface area contributed by atoms with Gasteiger partial charge in [-0.15, -0.1) is 0 Å². The average Bonchev–Trinajstić information content (AvgIpc) is 2.16. The summed E-state index contributed by atoms with van der Waals surface area (Å²) in [4.78, 5) is 12.7. The summed E-state index contributed by atoms with van der Waals surface area (Å²) in [5.74, 6) is 0. The summed E-state index contributed by atoms with van der Waals surface area (Å²) in [6.07, 6.45) is 0.840. The summed E-state index contributed by atoms with van der Waals surface area (Å²) < 4.78 is 0.823. The molecular formula is C12H14BrNO. The zero-order valence-corrected chi connectivity index (χ0v) is 10.5. The van der Waals surface area contributed by atoms with E-state index in [1.807, 2.05) is 26.1 Å². The molecule has 0 radical (unpaired) electrons. The fourth-order valence-corrected chi connectivity index (χ4v) is 1.81. The van der Waals surface area contributed by atoms with Crippen molar-refractivity contribution in [3.8, 4) is 0 Å². The van der Waals surface area contributed by atoms with Gasteiger partial charge in [0.1, 0.15) is 0 Å². The Labute approximate surface area is 98.7 Å². The minimum absolute atomic E-state index is 0.669. The van der Waals surface area contributed by atoms with E-state index < -0.39 is 0 Å². The lowest BCUT2D eigenvalue weighted by molar-refractivity contribution is 0.112. The van der Waals surface area contributed by atoms with Gasteiger partial charge in [0.25, 0.3) is 0 Å². The Morgan fingerprint density at radius 1 is 1.60 bits per heavy atom. The van der Waals surface area contributed by atoms with Crippen LogP contribution in [0.3, 0.4) is 0 Å². The number of aldehydes is 1. The fourth-order valence-electron chi connectivity index (χ4n) is 1.35. The van der Waals surface area contributed by atoms with Gasteiger partial charge in [-0.05, 0) is 41.1 Å². The molecule has 0 atom stereocenters. The minimum Gasteiger partial charge on any atom is -0.371 e. The van der Waals surface area contributed by atoms with Crippen molar-refractivity contribution < 1.29 is 4.79 Å². The summed E-state index contributed by atoms with van der Waals surface area (Å²) in [7, 11) is 2.00. The Balaban J connectivity index is 2.91. The van der Waals surface area contributed by atoms with Gasteiger partial charge in [-0.2, -0.15) is 0 Å². The van der Waals surface area contributed by atoms with Gasteiger partial charge in [-0.3, -0.25) is 4.79 Å². The standard InChI is InChI=1S/C12H14BrNO/c1-9(2)7-14(3)11-5-4-10(8-15)12(13)6-11/h4-6,8H,1,7H2,2-3H3. The highest BCUT2D eigenvalue weighted by atomic mass is 79.9. The van der Waals surface area contributed by atoms with E-state index in [1.54, 1.807) is 6.07 Å². The number of anilines is 1. The fraction of sp³-hybridized carbons (Fsp3) is 0.250. The van der Waals surface area contributed by atoms with E-state index in [1.165, 1.54) is 0 Å². The summed E-state index contributed by atoms with van der Waals surface area (Å²) in [6.45, 7) is 6.67. The lowest BCUT2D eigenvalue weighted by atomic mass is 10.2. The van der Waals surface area contributed by atoms with Crippen LogP contribution in [0.4, 0.5) is 5.69 Å². The molecule has 0 aliphatic heterocycles. The first-order valence-electron chi connectivity index (χ1n) is 4.65. The third-order valence-electron chi connectivity index (χ3n) is 2.06. The van der Waals surface area contributed by atoms with Gasteiger partial charge in [0.2, 0.25) is 0 Å². The van der Waals surface area contributed by atoms with E-state index in [9.17, 15) is 4.79 Å². The van der Waals surface area contributed by atoms with Crippen LogP contribution in [0.1, 0.15) is 17.3 Å². The Bertz CT molecular complexity index is 387. The molecule has 0 fully saturated rings. The topological polar surface area (TPSA) is 20.3 Å². The molecule has 1 rings (SSSR count). The number of likely N-dealkylation sites (N-methyl/N-ethyl adjacent to an activating group) is 1. The summed E-state index contributed by atoms with van der Waals surface area (Å²) in [5.41, 5.74) is 2.84. The van der Waals surface area contributed by atoms with Gasteiger partial charge in [0, 0.05) is 29.3 Å². The number of hydrogen-bond donors (Lipinski definition) is 0. The van der Waals surface area contributed by atoms with Crippen molar-refractivity contribution in [2.75, 3.05) is 18.5 Å². The molecule has 0 unspecified atom stereocenters. The first kappa shape index (κ1) is 12.0. The molecule has 0 amide bonds. The predicted octanol–water partition coefficient (Wildman–Crippen LogP) is 3.27. The summed E-state index contributed by atoms with van der Waals surface area (Å²) >= 11 is 3.36. The number of carbonyl (C=O) groups excluding carboxylic acids is 1. The van der Waals surface area contributed by atoms with Crippen molar-refractivity contribution in [3.05, 3.63) is 40.4 Å². The molecule has 0 N–H and O–H groups in total. The largest absolute Gasteiger partial charge is 0.371 e. The van der Waals surface area contributed by atoms with Crippen LogP contribution in [0, 0.1) is 0 Å². The third-order valence-corrected chi connectivity index (χ3v) is 2.75. The molecule has 0 aliphatic rings. The smallest absolute Gasteiger partial charge is 0.151 e. The van der Waals surface area contributed by atoms with E-state index in [0.717, 1.165) is 28.6 Å².